The van der Waals surface area contributed by atoms with Gasteiger partial charge in [0, 0.05) is 25.7 Å². The Morgan fingerprint density at radius 1 is 1.75 bits per heavy atom. The summed E-state index contributed by atoms with van der Waals surface area (Å²) in [6.45, 7) is 7.61. The van der Waals surface area contributed by atoms with Crippen LogP contribution in [0.3, 0.4) is 0 Å². The first kappa shape index (κ1) is 9.57. The summed E-state index contributed by atoms with van der Waals surface area (Å²) >= 11 is 0. The van der Waals surface area contributed by atoms with Crippen LogP contribution in [0.1, 0.15) is 20.3 Å². The molecule has 1 heterocycles. The van der Waals surface area contributed by atoms with Gasteiger partial charge in [-0.3, -0.25) is 4.90 Å². The van der Waals surface area contributed by atoms with Crippen molar-refractivity contribution < 1.29 is 0 Å². The lowest BCUT2D eigenvalue weighted by Crippen LogP contribution is -2.53. The van der Waals surface area contributed by atoms with Crippen molar-refractivity contribution in [2.24, 2.45) is 0 Å². The van der Waals surface area contributed by atoms with E-state index in [0.29, 0.717) is 12.1 Å². The van der Waals surface area contributed by atoms with Crippen LogP contribution in [0.25, 0.3) is 0 Å². The molecule has 0 aromatic heterocycles. The Hall–Kier alpha value is -0.520. The molecule has 1 aliphatic heterocycles. The van der Waals surface area contributed by atoms with E-state index >= 15 is 0 Å². The van der Waals surface area contributed by atoms with E-state index in [4.69, 9.17) is 6.42 Å². The number of rotatable bonds is 2. The lowest BCUT2D eigenvalue weighted by atomic mass is 10.1. The maximum absolute atomic E-state index is 5.46. The van der Waals surface area contributed by atoms with Gasteiger partial charge in [-0.1, -0.05) is 12.8 Å². The van der Waals surface area contributed by atoms with Crippen molar-refractivity contribution in [2.75, 3.05) is 19.6 Å². The summed E-state index contributed by atoms with van der Waals surface area (Å²) in [6.07, 6.45) is 6.52. The van der Waals surface area contributed by atoms with Crippen molar-refractivity contribution in [3.8, 4) is 12.3 Å². The first-order chi connectivity index (χ1) is 5.79. The van der Waals surface area contributed by atoms with Gasteiger partial charge >= 0.3 is 0 Å². The van der Waals surface area contributed by atoms with E-state index < -0.39 is 0 Å². The minimum absolute atomic E-state index is 0.335. The Bertz CT molecular complexity index is 171. The van der Waals surface area contributed by atoms with Crippen LogP contribution in [0.15, 0.2) is 0 Å². The van der Waals surface area contributed by atoms with E-state index in [1.807, 2.05) is 0 Å². The van der Waals surface area contributed by atoms with Gasteiger partial charge in [0.1, 0.15) is 0 Å². The van der Waals surface area contributed by atoms with Gasteiger partial charge < -0.3 is 5.32 Å². The van der Waals surface area contributed by atoms with Crippen LogP contribution in [-0.4, -0.2) is 36.6 Å². The highest BCUT2D eigenvalue weighted by Gasteiger charge is 2.22. The molecule has 1 aliphatic rings. The second-order valence-corrected chi connectivity index (χ2v) is 3.38. The average Bonchev–Trinajstić information content (AvgIpc) is 2.10. The normalized spacial score (nSPS) is 27.9. The molecule has 2 atom stereocenters. The van der Waals surface area contributed by atoms with Crippen molar-refractivity contribution in [2.45, 2.75) is 32.4 Å². The molecule has 2 nitrogen and oxygen atoms in total. The quantitative estimate of drug-likeness (QED) is 0.607. The van der Waals surface area contributed by atoms with Crippen molar-refractivity contribution in [1.82, 2.24) is 10.2 Å². The van der Waals surface area contributed by atoms with Crippen molar-refractivity contribution in [3.05, 3.63) is 0 Å². The molecule has 0 bridgehead atoms. The van der Waals surface area contributed by atoms with Gasteiger partial charge in [-0.15, -0.1) is 6.42 Å². The van der Waals surface area contributed by atoms with Gasteiger partial charge in [0.15, 0.2) is 0 Å². The van der Waals surface area contributed by atoms with Gasteiger partial charge in [0.25, 0.3) is 0 Å². The molecule has 0 spiro atoms. The van der Waals surface area contributed by atoms with Gasteiger partial charge in [0.2, 0.25) is 0 Å². The lowest BCUT2D eigenvalue weighted by molar-refractivity contribution is 0.142. The molecule has 0 aromatic carbocycles. The standard InChI is InChI=1S/C10H18N2/c1-4-10(5-2)12-7-6-11-8-9(12)3/h1,9-11H,5-8H2,2-3H3/t9-,10?/m0/s1. The van der Waals surface area contributed by atoms with Crippen LogP contribution >= 0.6 is 0 Å². The third kappa shape index (κ3) is 2.00. The van der Waals surface area contributed by atoms with Crippen LogP contribution < -0.4 is 5.32 Å². The molecule has 2 heteroatoms. The van der Waals surface area contributed by atoms with E-state index in [9.17, 15) is 0 Å². The second kappa shape index (κ2) is 4.49. The van der Waals surface area contributed by atoms with Gasteiger partial charge in [-0.2, -0.15) is 0 Å². The molecule has 12 heavy (non-hydrogen) atoms. The highest BCUT2D eigenvalue weighted by molar-refractivity contribution is 5.01. The Labute approximate surface area is 75.3 Å². The number of piperazine rings is 1. The van der Waals surface area contributed by atoms with Gasteiger partial charge in [0.05, 0.1) is 6.04 Å². The van der Waals surface area contributed by atoms with Crippen LogP contribution in [0.4, 0.5) is 0 Å². The fraction of sp³-hybridized carbons (Fsp3) is 0.800. The van der Waals surface area contributed by atoms with Crippen LogP contribution in [0.2, 0.25) is 0 Å². The highest BCUT2D eigenvalue weighted by Crippen LogP contribution is 2.09. The summed E-state index contributed by atoms with van der Waals surface area (Å²) in [5.41, 5.74) is 0. The molecule has 1 saturated heterocycles. The third-order valence-electron chi connectivity index (χ3n) is 2.53. The first-order valence-corrected chi connectivity index (χ1v) is 4.72. The predicted molar refractivity (Wildman–Crippen MR) is 51.9 cm³/mol. The SMILES string of the molecule is C#CC(CC)N1CCNC[C@@H]1C. The summed E-state index contributed by atoms with van der Waals surface area (Å²) < 4.78 is 0. The number of hydrogen-bond donors (Lipinski definition) is 1. The summed E-state index contributed by atoms with van der Waals surface area (Å²) in [4.78, 5) is 2.41. The molecular weight excluding hydrogens is 148 g/mol. The number of hydrogen-bond acceptors (Lipinski definition) is 2. The average molecular weight is 166 g/mol. The zero-order valence-electron chi connectivity index (χ0n) is 8.01. The summed E-state index contributed by atoms with van der Waals surface area (Å²) in [5, 5.41) is 3.36. The molecule has 0 radical (unpaired) electrons. The molecule has 0 saturated carbocycles. The summed E-state index contributed by atoms with van der Waals surface area (Å²) in [5.74, 6) is 2.85. The molecular formula is C10H18N2. The summed E-state index contributed by atoms with van der Waals surface area (Å²) in [7, 11) is 0. The third-order valence-corrected chi connectivity index (χ3v) is 2.53. The topological polar surface area (TPSA) is 15.3 Å². The molecule has 1 rings (SSSR count). The predicted octanol–water partition coefficient (Wildman–Crippen LogP) is 0.692. The van der Waals surface area contributed by atoms with Crippen LogP contribution in [0, 0.1) is 12.3 Å². The fourth-order valence-electron chi connectivity index (χ4n) is 1.77. The summed E-state index contributed by atoms with van der Waals surface area (Å²) in [6, 6.07) is 0.918. The number of nitrogens with zero attached hydrogens (tertiary/aromatic N) is 1. The molecule has 1 unspecified atom stereocenters. The van der Waals surface area contributed by atoms with Crippen molar-refractivity contribution in [3.63, 3.8) is 0 Å². The Morgan fingerprint density at radius 2 is 2.50 bits per heavy atom. The minimum Gasteiger partial charge on any atom is -0.314 e. The molecule has 0 aromatic rings. The fourth-order valence-corrected chi connectivity index (χ4v) is 1.77. The Balaban J connectivity index is 2.53. The molecule has 0 aliphatic carbocycles. The molecule has 1 fully saturated rings. The van der Waals surface area contributed by atoms with Crippen molar-refractivity contribution >= 4 is 0 Å². The molecule has 0 amide bonds. The maximum atomic E-state index is 5.46. The van der Waals surface area contributed by atoms with E-state index in [-0.39, 0.29) is 0 Å². The second-order valence-electron chi connectivity index (χ2n) is 3.38. The van der Waals surface area contributed by atoms with Gasteiger partial charge in [-0.25, -0.2) is 0 Å². The highest BCUT2D eigenvalue weighted by atomic mass is 15.2. The van der Waals surface area contributed by atoms with E-state index in [0.717, 1.165) is 26.1 Å². The monoisotopic (exact) mass is 166 g/mol. The Morgan fingerprint density at radius 3 is 3.00 bits per heavy atom. The Kier molecular flexibility index (Phi) is 3.58. The van der Waals surface area contributed by atoms with Crippen LogP contribution in [0.5, 0.6) is 0 Å². The van der Waals surface area contributed by atoms with E-state index in [1.54, 1.807) is 0 Å². The first-order valence-electron chi connectivity index (χ1n) is 4.72. The number of nitrogens with one attached hydrogen (secondary N) is 1. The van der Waals surface area contributed by atoms with E-state index in [2.05, 4.69) is 30.0 Å². The van der Waals surface area contributed by atoms with Gasteiger partial charge in [-0.05, 0) is 13.3 Å². The zero-order chi connectivity index (χ0) is 8.97. The van der Waals surface area contributed by atoms with Crippen molar-refractivity contribution in [1.29, 1.82) is 0 Å². The lowest BCUT2D eigenvalue weighted by Gasteiger charge is -2.37. The zero-order valence-corrected chi connectivity index (χ0v) is 8.01. The van der Waals surface area contributed by atoms with Crippen LogP contribution in [-0.2, 0) is 0 Å². The largest absolute Gasteiger partial charge is 0.314 e. The molecule has 68 valence electrons. The van der Waals surface area contributed by atoms with E-state index in [1.165, 1.54) is 0 Å². The number of terminal acetylenes is 1. The minimum atomic E-state index is 0.335. The molecule has 1 N–H and O–H groups in total. The maximum Gasteiger partial charge on any atom is 0.0712 e. The smallest absolute Gasteiger partial charge is 0.0712 e.